The Bertz CT molecular complexity index is 87.8. The number of alkyl halides is 3. The summed E-state index contributed by atoms with van der Waals surface area (Å²) in [4.78, 5) is 8.90. The first kappa shape index (κ1) is 11.0. The molecule has 0 rings (SSSR count). The molecule has 0 aliphatic rings. The van der Waals surface area contributed by atoms with Crippen LogP contribution in [0, 0.1) is 0 Å². The molecule has 0 aromatic heterocycles. The molecule has 0 aliphatic heterocycles. The molecule has 2 nitrogen and oxygen atoms in total. The molecule has 0 heterocycles. The van der Waals surface area contributed by atoms with E-state index in [1.165, 1.54) is 0 Å². The Balaban J connectivity index is 0. The smallest absolute Gasteiger partial charge is 0.475 e. The van der Waals surface area contributed by atoms with E-state index < -0.39 is 12.1 Å². The molecule has 0 spiro atoms. The Labute approximate surface area is 62.8 Å². The van der Waals surface area contributed by atoms with Crippen molar-refractivity contribution in [1.29, 1.82) is 0 Å². The molecule has 0 saturated heterocycles. The summed E-state index contributed by atoms with van der Waals surface area (Å²) < 4.78 is 31.7. The van der Waals surface area contributed by atoms with Crippen molar-refractivity contribution in [3.8, 4) is 0 Å². The number of hydrogen-bond donors (Lipinski definition) is 1. The summed E-state index contributed by atoms with van der Waals surface area (Å²) in [6.45, 7) is 0. The van der Waals surface area contributed by atoms with Crippen molar-refractivity contribution in [2.75, 3.05) is 0 Å². The number of aliphatic carboxylic acids is 1. The molecule has 46 valence electrons. The molecule has 0 saturated carbocycles. The van der Waals surface area contributed by atoms with Crippen molar-refractivity contribution in [2.24, 2.45) is 0 Å². The minimum absolute atomic E-state index is 0. The number of rotatable bonds is 0. The number of halogens is 3. The maximum atomic E-state index is 10.6. The quantitative estimate of drug-likeness (QED) is 0.650. The van der Waals surface area contributed by atoms with Gasteiger partial charge in [-0.1, -0.05) is 0 Å². The van der Waals surface area contributed by atoms with Gasteiger partial charge < -0.3 is 5.11 Å². The second kappa shape index (κ2) is 3.26. The fourth-order valence-electron chi connectivity index (χ4n) is 0. The molecule has 0 atom stereocenters. The van der Waals surface area contributed by atoms with E-state index in [2.05, 4.69) is 0 Å². The summed E-state index contributed by atoms with van der Waals surface area (Å²) >= 11 is 0. The van der Waals surface area contributed by atoms with Gasteiger partial charge in [0.2, 0.25) is 0 Å². The Morgan fingerprint density at radius 1 is 1.38 bits per heavy atom. The minimum Gasteiger partial charge on any atom is -0.475 e. The summed E-state index contributed by atoms with van der Waals surface area (Å²) in [5.74, 6) is -2.76. The molecule has 0 aromatic rings. The van der Waals surface area contributed by atoms with Gasteiger partial charge in [0.15, 0.2) is 0 Å². The van der Waals surface area contributed by atoms with Gasteiger partial charge in [-0.3, -0.25) is 0 Å². The largest absolute Gasteiger partial charge is 0.490 e. The molecular weight excluding hydrogens is 320 g/mol. The van der Waals surface area contributed by atoms with Crippen molar-refractivity contribution in [3.63, 3.8) is 0 Å². The van der Waals surface area contributed by atoms with E-state index in [0.717, 1.165) is 0 Å². The van der Waals surface area contributed by atoms with Gasteiger partial charge >= 0.3 is 12.1 Å². The molecule has 0 fully saturated rings. The molecule has 0 unspecified atom stereocenters. The molecule has 4 radical (unpaired) electrons. The van der Waals surface area contributed by atoms with E-state index in [9.17, 15) is 13.2 Å². The molecule has 0 amide bonds. The zero-order valence-electron chi connectivity index (χ0n) is 3.49. The average Bonchev–Trinajstić information content (AvgIpc) is 1.31. The summed E-state index contributed by atoms with van der Waals surface area (Å²) in [5, 5.41) is 7.12. The third-order valence-corrected chi connectivity index (χ3v) is 0.243. The molecule has 0 bridgehead atoms. The van der Waals surface area contributed by atoms with Crippen molar-refractivity contribution in [3.05, 3.63) is 0 Å². The Morgan fingerprint density at radius 3 is 1.50 bits per heavy atom. The van der Waals surface area contributed by atoms with Crippen LogP contribution in [-0.4, -0.2) is 44.6 Å². The predicted molar refractivity (Wildman–Crippen MR) is 19.4 cm³/mol. The number of hydrogen-bond acceptors (Lipinski definition) is 1. The van der Waals surface area contributed by atoms with E-state index in [4.69, 9.17) is 9.90 Å². The van der Waals surface area contributed by atoms with Crippen LogP contribution in [-0.2, 0) is 4.79 Å². The first-order chi connectivity index (χ1) is 2.94. The number of carboxylic acids is 1. The van der Waals surface area contributed by atoms with Gasteiger partial charge in [-0.25, -0.2) is 4.79 Å². The third-order valence-electron chi connectivity index (χ3n) is 0.243. The second-order valence-corrected chi connectivity index (χ2v) is 0.803. The Hall–Kier alpha value is 0.182. The summed E-state index contributed by atoms with van der Waals surface area (Å²) in [5.41, 5.74) is 0. The van der Waals surface area contributed by atoms with Gasteiger partial charge in [-0.15, -0.1) is 0 Å². The van der Waals surface area contributed by atoms with Crippen LogP contribution in [0.15, 0.2) is 0 Å². The van der Waals surface area contributed by atoms with Gasteiger partial charge in [0.05, 0.1) is 0 Å². The molecule has 8 heavy (non-hydrogen) atoms. The second-order valence-electron chi connectivity index (χ2n) is 0.803. The van der Waals surface area contributed by atoms with Gasteiger partial charge in [0.25, 0.3) is 0 Å². The molecule has 0 aromatic carbocycles. The van der Waals surface area contributed by atoms with Crippen LogP contribution in [0.1, 0.15) is 0 Å². The van der Waals surface area contributed by atoms with Crippen molar-refractivity contribution < 1.29 is 23.1 Å². The normalized spacial score (nSPS) is 9.88. The van der Waals surface area contributed by atoms with Crippen LogP contribution in [0.5, 0.6) is 0 Å². The van der Waals surface area contributed by atoms with Crippen LogP contribution in [0.3, 0.4) is 0 Å². The van der Waals surface area contributed by atoms with Gasteiger partial charge in [0, 0.05) is 27.3 Å². The van der Waals surface area contributed by atoms with Crippen LogP contribution in [0.4, 0.5) is 13.2 Å². The maximum Gasteiger partial charge on any atom is 0.490 e. The first-order valence-electron chi connectivity index (χ1n) is 1.24. The van der Waals surface area contributed by atoms with Crippen molar-refractivity contribution in [2.45, 2.75) is 6.18 Å². The Morgan fingerprint density at radius 2 is 1.50 bits per heavy atom. The summed E-state index contributed by atoms with van der Waals surface area (Å²) in [6.07, 6.45) is -5.08. The number of carbonyl (C=O) groups is 1. The van der Waals surface area contributed by atoms with Crippen LogP contribution in [0.2, 0.25) is 0 Å². The summed E-state index contributed by atoms with van der Waals surface area (Å²) in [7, 11) is 0. The van der Waals surface area contributed by atoms with E-state index in [1.54, 1.807) is 0 Å². The minimum atomic E-state index is -5.08. The van der Waals surface area contributed by atoms with Crippen molar-refractivity contribution in [1.82, 2.24) is 0 Å². The molecule has 6 heteroatoms. The Kier molecular flexibility index (Phi) is 4.49. The molecular formula is C2HF3O2Pb. The zero-order chi connectivity index (χ0) is 6.08. The van der Waals surface area contributed by atoms with Crippen molar-refractivity contribution >= 4 is 33.3 Å². The molecule has 0 aliphatic carbocycles. The SMILES string of the molecule is O=C(O)C(F)(F)F.[Pb]. The van der Waals surface area contributed by atoms with E-state index in [1.807, 2.05) is 0 Å². The van der Waals surface area contributed by atoms with E-state index in [-0.39, 0.29) is 27.3 Å². The van der Waals surface area contributed by atoms with Gasteiger partial charge in [-0.2, -0.15) is 13.2 Å². The maximum absolute atomic E-state index is 10.6. The van der Waals surface area contributed by atoms with Crippen LogP contribution in [0.25, 0.3) is 0 Å². The fourth-order valence-corrected chi connectivity index (χ4v) is 0. The summed E-state index contributed by atoms with van der Waals surface area (Å²) in [6, 6.07) is 0. The zero-order valence-corrected chi connectivity index (χ0v) is 7.38. The predicted octanol–water partition coefficient (Wildman–Crippen LogP) is 0.253. The van der Waals surface area contributed by atoms with Crippen LogP contribution < -0.4 is 0 Å². The standard InChI is InChI=1S/C2HF3O2.Pb/c3-2(4,5)1(6)7;/h(H,6,7);. The van der Waals surface area contributed by atoms with Gasteiger partial charge in [0.1, 0.15) is 0 Å². The van der Waals surface area contributed by atoms with E-state index >= 15 is 0 Å². The molecule has 1 N–H and O–H groups in total. The fraction of sp³-hybridized carbons (Fsp3) is 0.500. The van der Waals surface area contributed by atoms with Crippen LogP contribution >= 0.6 is 0 Å². The number of carboxylic acid groups (broad SMARTS) is 1. The topological polar surface area (TPSA) is 37.3 Å². The third kappa shape index (κ3) is 4.34. The van der Waals surface area contributed by atoms with E-state index in [0.29, 0.717) is 0 Å². The van der Waals surface area contributed by atoms with Gasteiger partial charge in [-0.05, 0) is 0 Å². The monoisotopic (exact) mass is 322 g/mol. The average molecular weight is 321 g/mol. The first-order valence-corrected chi connectivity index (χ1v) is 1.24.